The molecule has 0 aliphatic heterocycles. The number of hydrogen-bond acceptors (Lipinski definition) is 3. The second-order valence-corrected chi connectivity index (χ2v) is 5.39. The highest BCUT2D eigenvalue weighted by atomic mass is 35.5. The van der Waals surface area contributed by atoms with Crippen LogP contribution in [0.4, 0.5) is 8.78 Å². The lowest BCUT2D eigenvalue weighted by molar-refractivity contribution is 0.613. The first kappa shape index (κ1) is 21.6. The molecule has 1 atom stereocenters. The quantitative estimate of drug-likeness (QED) is 0.721. The second kappa shape index (κ2) is 9.30. The van der Waals surface area contributed by atoms with Crippen LogP contribution in [-0.4, -0.2) is 9.55 Å². The number of halogens is 4. The molecule has 0 radical (unpaired) electrons. The molecule has 1 aromatic heterocycles. The van der Waals surface area contributed by atoms with Crippen LogP contribution in [0.3, 0.4) is 0 Å². The fraction of sp³-hybridized carbons (Fsp3) is 0.111. The third-order valence-corrected chi connectivity index (χ3v) is 3.79. The number of rotatable bonds is 4. The minimum absolute atomic E-state index is 0. The minimum atomic E-state index is -0.586. The summed E-state index contributed by atoms with van der Waals surface area (Å²) in [5, 5.41) is 8.78. The molecule has 3 aromatic rings. The van der Waals surface area contributed by atoms with E-state index >= 15 is 0 Å². The predicted octanol–water partition coefficient (Wildman–Crippen LogP) is 4.11. The smallest absolute Gasteiger partial charge is 0.141 e. The summed E-state index contributed by atoms with van der Waals surface area (Å²) < 4.78 is 28.6. The summed E-state index contributed by atoms with van der Waals surface area (Å²) >= 11 is 0. The van der Waals surface area contributed by atoms with Crippen molar-refractivity contribution in [3.05, 3.63) is 83.4 Å². The zero-order valence-corrected chi connectivity index (χ0v) is 15.1. The highest BCUT2D eigenvalue weighted by molar-refractivity contribution is 5.85. The van der Waals surface area contributed by atoms with Crippen LogP contribution in [0.25, 0.3) is 5.69 Å². The van der Waals surface area contributed by atoms with Gasteiger partial charge in [0.2, 0.25) is 0 Å². The van der Waals surface area contributed by atoms with Crippen LogP contribution in [0.15, 0.2) is 55.0 Å². The van der Waals surface area contributed by atoms with Gasteiger partial charge in [-0.3, -0.25) is 0 Å². The molecule has 0 saturated heterocycles. The first-order valence-electron chi connectivity index (χ1n) is 7.31. The maximum absolute atomic E-state index is 13.7. The molecule has 0 aliphatic carbocycles. The molecule has 8 heteroatoms. The van der Waals surface area contributed by atoms with Crippen LogP contribution in [0, 0.1) is 23.0 Å². The zero-order chi connectivity index (χ0) is 17.1. The van der Waals surface area contributed by atoms with Gasteiger partial charge in [-0.25, -0.2) is 13.8 Å². The summed E-state index contributed by atoms with van der Waals surface area (Å²) in [6.45, 7) is 0. The number of nitrogens with two attached hydrogens (primary N) is 1. The van der Waals surface area contributed by atoms with E-state index in [1.165, 1.54) is 24.3 Å². The lowest BCUT2D eigenvalue weighted by Gasteiger charge is -2.14. The van der Waals surface area contributed by atoms with E-state index in [1.807, 2.05) is 0 Å². The minimum Gasteiger partial charge on any atom is -0.324 e. The van der Waals surface area contributed by atoms with Crippen molar-refractivity contribution in [1.29, 1.82) is 5.26 Å². The number of benzene rings is 2. The molecule has 0 fully saturated rings. The predicted molar refractivity (Wildman–Crippen MR) is 99.8 cm³/mol. The largest absolute Gasteiger partial charge is 0.324 e. The Morgan fingerprint density at radius 3 is 2.42 bits per heavy atom. The van der Waals surface area contributed by atoms with Crippen molar-refractivity contribution in [3.8, 4) is 11.8 Å². The highest BCUT2D eigenvalue weighted by Crippen LogP contribution is 2.21. The van der Waals surface area contributed by atoms with Gasteiger partial charge in [0.15, 0.2) is 0 Å². The fourth-order valence-corrected chi connectivity index (χ4v) is 2.50. The van der Waals surface area contributed by atoms with Gasteiger partial charge in [0.1, 0.15) is 17.7 Å². The molecule has 0 spiro atoms. The van der Waals surface area contributed by atoms with Gasteiger partial charge in [0, 0.05) is 30.0 Å². The number of imidazole rings is 1. The molecule has 0 bridgehead atoms. The maximum atomic E-state index is 13.7. The molecule has 1 heterocycles. The van der Waals surface area contributed by atoms with Crippen LogP contribution in [-0.2, 0) is 6.42 Å². The van der Waals surface area contributed by atoms with E-state index in [9.17, 15) is 8.78 Å². The van der Waals surface area contributed by atoms with E-state index in [4.69, 9.17) is 11.0 Å². The van der Waals surface area contributed by atoms with Gasteiger partial charge in [-0.1, -0.05) is 6.07 Å². The average Bonchev–Trinajstić information content (AvgIpc) is 3.03. The van der Waals surface area contributed by atoms with Crippen molar-refractivity contribution >= 4 is 24.8 Å². The Kier molecular flexibility index (Phi) is 7.72. The summed E-state index contributed by atoms with van der Waals surface area (Å²) in [5.41, 5.74) is 8.34. The summed E-state index contributed by atoms with van der Waals surface area (Å²) in [5.74, 6) is -0.900. The lowest BCUT2D eigenvalue weighted by Crippen LogP contribution is -2.15. The molecule has 0 aliphatic rings. The third kappa shape index (κ3) is 4.58. The Labute approximate surface area is 162 Å². The summed E-state index contributed by atoms with van der Waals surface area (Å²) in [4.78, 5) is 4.11. The van der Waals surface area contributed by atoms with Crippen molar-refractivity contribution < 1.29 is 8.78 Å². The molecule has 2 aromatic carbocycles. The van der Waals surface area contributed by atoms with Crippen molar-refractivity contribution in [3.63, 3.8) is 0 Å². The van der Waals surface area contributed by atoms with Crippen LogP contribution in [0.1, 0.15) is 22.9 Å². The van der Waals surface area contributed by atoms with Crippen LogP contribution >= 0.6 is 24.8 Å². The molecule has 26 heavy (non-hydrogen) atoms. The Bertz CT molecular complexity index is 904. The number of nitrogens with zero attached hydrogens (tertiary/aromatic N) is 3. The monoisotopic (exact) mass is 396 g/mol. The SMILES string of the molecule is Cl.Cl.N#Cc1ccc(C(N)Cc2cncn2-c2ccc(F)cc2)cc1F. The van der Waals surface area contributed by atoms with Crippen molar-refractivity contribution in [2.24, 2.45) is 5.73 Å². The highest BCUT2D eigenvalue weighted by Gasteiger charge is 2.13. The lowest BCUT2D eigenvalue weighted by atomic mass is 10.0. The van der Waals surface area contributed by atoms with Crippen LogP contribution in [0.2, 0.25) is 0 Å². The van der Waals surface area contributed by atoms with E-state index in [0.717, 1.165) is 11.4 Å². The second-order valence-electron chi connectivity index (χ2n) is 5.39. The number of nitriles is 1. The molecular formula is C18H16Cl2F2N4. The van der Waals surface area contributed by atoms with E-state index in [1.54, 1.807) is 41.4 Å². The van der Waals surface area contributed by atoms with Gasteiger partial charge in [-0.2, -0.15) is 5.26 Å². The molecule has 2 N–H and O–H groups in total. The van der Waals surface area contributed by atoms with Gasteiger partial charge in [0.05, 0.1) is 11.9 Å². The molecule has 3 rings (SSSR count). The number of hydrogen-bond donors (Lipinski definition) is 1. The van der Waals surface area contributed by atoms with E-state index in [0.29, 0.717) is 12.0 Å². The molecule has 4 nitrogen and oxygen atoms in total. The van der Waals surface area contributed by atoms with Crippen molar-refractivity contribution in [2.45, 2.75) is 12.5 Å². The van der Waals surface area contributed by atoms with Gasteiger partial charge >= 0.3 is 0 Å². The molecule has 0 saturated carbocycles. The Morgan fingerprint density at radius 1 is 1.12 bits per heavy atom. The zero-order valence-electron chi connectivity index (χ0n) is 13.5. The third-order valence-electron chi connectivity index (χ3n) is 3.79. The summed E-state index contributed by atoms with van der Waals surface area (Å²) in [6.07, 6.45) is 3.71. The topological polar surface area (TPSA) is 67.6 Å². The first-order valence-corrected chi connectivity index (χ1v) is 7.31. The first-order chi connectivity index (χ1) is 11.6. The van der Waals surface area contributed by atoms with Gasteiger partial charge in [-0.15, -0.1) is 24.8 Å². The standard InChI is InChI=1S/C18H14F2N4.2ClH/c19-14-3-5-15(6-4-14)24-11-23-10-16(24)8-18(22)12-1-2-13(9-21)17(20)7-12;;/h1-7,10-11,18H,8,22H2;2*1H. The Morgan fingerprint density at radius 2 is 1.81 bits per heavy atom. The van der Waals surface area contributed by atoms with Crippen molar-refractivity contribution in [1.82, 2.24) is 9.55 Å². The maximum Gasteiger partial charge on any atom is 0.141 e. The van der Waals surface area contributed by atoms with E-state index < -0.39 is 11.9 Å². The van der Waals surface area contributed by atoms with Gasteiger partial charge < -0.3 is 10.3 Å². The normalized spacial score (nSPS) is 11.0. The average molecular weight is 397 g/mol. The summed E-state index contributed by atoms with van der Waals surface area (Å²) in [6, 6.07) is 11.7. The van der Waals surface area contributed by atoms with Crippen LogP contribution < -0.4 is 5.73 Å². The van der Waals surface area contributed by atoms with E-state index in [-0.39, 0.29) is 36.2 Å². The number of aromatic nitrogens is 2. The van der Waals surface area contributed by atoms with Crippen molar-refractivity contribution in [2.75, 3.05) is 0 Å². The van der Waals surface area contributed by atoms with Gasteiger partial charge in [0.25, 0.3) is 0 Å². The Hall–Kier alpha value is -2.46. The molecule has 0 amide bonds. The molecule has 136 valence electrons. The fourth-order valence-electron chi connectivity index (χ4n) is 2.50. The Balaban J connectivity index is 0.00000169. The molecule has 1 unspecified atom stereocenters. The van der Waals surface area contributed by atoms with Crippen LogP contribution in [0.5, 0.6) is 0 Å². The molecular weight excluding hydrogens is 381 g/mol. The summed E-state index contributed by atoms with van der Waals surface area (Å²) in [7, 11) is 0. The van der Waals surface area contributed by atoms with E-state index in [2.05, 4.69) is 4.98 Å². The van der Waals surface area contributed by atoms with Gasteiger partial charge in [-0.05, 0) is 42.0 Å².